The first-order valence-corrected chi connectivity index (χ1v) is 12.1. The van der Waals surface area contributed by atoms with Crippen molar-refractivity contribution in [2.75, 3.05) is 18.6 Å². The average molecular weight is 398 g/mol. The molecule has 5 heteroatoms. The normalized spacial score (nSPS) is 11.9. The first-order valence-electron chi connectivity index (χ1n) is 10.7. The van der Waals surface area contributed by atoms with E-state index < -0.39 is 5.97 Å². The summed E-state index contributed by atoms with van der Waals surface area (Å²) in [4.78, 5) is 11.1. The third-order valence-corrected chi connectivity index (χ3v) is 5.47. The molecule has 0 aromatic rings. The Morgan fingerprint density at radius 3 is 1.65 bits per heavy atom. The number of rotatable bonds is 20. The van der Waals surface area contributed by atoms with Crippen LogP contribution in [0, 0.1) is 0 Å². The van der Waals surface area contributed by atoms with E-state index in [0.29, 0.717) is 0 Å². The molecule has 0 spiro atoms. The average Bonchev–Trinajstić information content (AvgIpc) is 2.60. The van der Waals surface area contributed by atoms with E-state index in [9.17, 15) is 4.79 Å². The van der Waals surface area contributed by atoms with Crippen LogP contribution in [-0.4, -0.2) is 65.2 Å². The molecule has 0 radical (unpaired) electrons. The van der Waals surface area contributed by atoms with Gasteiger partial charge >= 0.3 is 35.5 Å². The number of hydrogen-bond acceptors (Lipinski definition) is 3. The van der Waals surface area contributed by atoms with Gasteiger partial charge in [-0.2, -0.15) is 11.8 Å². The van der Waals surface area contributed by atoms with E-state index in [1.165, 1.54) is 83.5 Å². The second kappa shape index (κ2) is 23.8. The Labute approximate surface area is 189 Å². The molecule has 3 nitrogen and oxygen atoms in total. The molecule has 0 bridgehead atoms. The van der Waals surface area contributed by atoms with Gasteiger partial charge in [-0.15, -0.1) is 0 Å². The second-order valence-electron chi connectivity index (χ2n) is 7.22. The van der Waals surface area contributed by atoms with Crippen LogP contribution in [0.3, 0.4) is 0 Å². The van der Waals surface area contributed by atoms with Crippen molar-refractivity contribution in [3.63, 3.8) is 0 Å². The SMILES string of the molecule is CCCCCCCCCCCCCCCCNC(CCSC)C(=O)O.[NaH]. The molecular formula is C21H44NNaO2S. The van der Waals surface area contributed by atoms with Gasteiger partial charge < -0.3 is 10.4 Å². The Kier molecular flexibility index (Phi) is 26.6. The molecule has 2 N–H and O–H groups in total. The zero-order valence-electron chi connectivity index (χ0n) is 16.9. The first-order chi connectivity index (χ1) is 12.2. The Bertz CT molecular complexity index is 293. The summed E-state index contributed by atoms with van der Waals surface area (Å²) in [6, 6.07) is -0.366. The Balaban J connectivity index is 0. The minimum atomic E-state index is -0.709. The van der Waals surface area contributed by atoms with Gasteiger partial charge in [0.15, 0.2) is 0 Å². The summed E-state index contributed by atoms with van der Waals surface area (Å²) in [5, 5.41) is 12.3. The number of carboxylic acids is 1. The molecule has 0 saturated carbocycles. The fourth-order valence-electron chi connectivity index (χ4n) is 3.14. The van der Waals surface area contributed by atoms with Crippen LogP contribution < -0.4 is 5.32 Å². The van der Waals surface area contributed by atoms with Crippen LogP contribution in [0.2, 0.25) is 0 Å². The van der Waals surface area contributed by atoms with Gasteiger partial charge in [-0.25, -0.2) is 0 Å². The molecule has 0 aromatic heterocycles. The molecule has 0 amide bonds. The van der Waals surface area contributed by atoms with E-state index in [-0.39, 0.29) is 35.6 Å². The summed E-state index contributed by atoms with van der Waals surface area (Å²) in [6.07, 6.45) is 21.7. The molecule has 0 aliphatic rings. The standard InChI is InChI=1S/C21H43NO2S.Na.H/c1-3-4-5-6-7-8-9-10-11-12-13-14-15-16-18-22-20(21(23)24)17-19-25-2;;/h20,22H,3-19H2,1-2H3,(H,23,24);;. The van der Waals surface area contributed by atoms with Crippen LogP contribution in [0.25, 0.3) is 0 Å². The molecule has 0 aliphatic heterocycles. The van der Waals surface area contributed by atoms with Gasteiger partial charge in [0.2, 0.25) is 0 Å². The van der Waals surface area contributed by atoms with Gasteiger partial charge in [0.05, 0.1) is 0 Å². The summed E-state index contributed by atoms with van der Waals surface area (Å²) >= 11 is 1.71. The molecular weight excluding hydrogens is 353 g/mol. The number of carboxylic acid groups (broad SMARTS) is 1. The van der Waals surface area contributed by atoms with E-state index in [1.54, 1.807) is 11.8 Å². The van der Waals surface area contributed by atoms with E-state index in [2.05, 4.69) is 12.2 Å². The zero-order chi connectivity index (χ0) is 18.6. The molecule has 0 aromatic carbocycles. The quantitative estimate of drug-likeness (QED) is 0.207. The maximum atomic E-state index is 11.1. The Morgan fingerprint density at radius 1 is 0.846 bits per heavy atom. The van der Waals surface area contributed by atoms with Crippen molar-refractivity contribution in [1.82, 2.24) is 5.32 Å². The number of hydrogen-bond donors (Lipinski definition) is 2. The molecule has 26 heavy (non-hydrogen) atoms. The molecule has 0 saturated heterocycles. The third-order valence-electron chi connectivity index (χ3n) is 4.83. The summed E-state index contributed by atoms with van der Waals surface area (Å²) in [5.74, 6) is 0.197. The predicted molar refractivity (Wildman–Crippen MR) is 120 cm³/mol. The van der Waals surface area contributed by atoms with Crippen LogP contribution >= 0.6 is 11.8 Å². The van der Waals surface area contributed by atoms with Crippen molar-refractivity contribution in [1.29, 1.82) is 0 Å². The van der Waals surface area contributed by atoms with Crippen LogP contribution in [0.1, 0.15) is 103 Å². The Morgan fingerprint density at radius 2 is 1.27 bits per heavy atom. The van der Waals surface area contributed by atoms with Crippen LogP contribution in [-0.2, 0) is 4.79 Å². The fraction of sp³-hybridized carbons (Fsp3) is 0.952. The zero-order valence-corrected chi connectivity index (χ0v) is 17.7. The topological polar surface area (TPSA) is 49.3 Å². The number of nitrogens with one attached hydrogen (secondary N) is 1. The summed E-state index contributed by atoms with van der Waals surface area (Å²) in [5.41, 5.74) is 0. The van der Waals surface area contributed by atoms with E-state index in [4.69, 9.17) is 5.11 Å². The molecule has 152 valence electrons. The number of aliphatic carboxylic acids is 1. The van der Waals surface area contributed by atoms with Gasteiger partial charge in [-0.1, -0.05) is 90.4 Å². The van der Waals surface area contributed by atoms with Crippen molar-refractivity contribution >= 4 is 47.3 Å². The summed E-state index contributed by atoms with van der Waals surface area (Å²) in [7, 11) is 0. The van der Waals surface area contributed by atoms with Crippen LogP contribution in [0.5, 0.6) is 0 Å². The van der Waals surface area contributed by atoms with Crippen molar-refractivity contribution in [3.8, 4) is 0 Å². The number of carbonyl (C=O) groups is 1. The van der Waals surface area contributed by atoms with Gasteiger partial charge in [0, 0.05) is 0 Å². The van der Waals surface area contributed by atoms with Crippen LogP contribution in [0.15, 0.2) is 0 Å². The third kappa shape index (κ3) is 21.1. The summed E-state index contributed by atoms with van der Waals surface area (Å²) in [6.45, 7) is 3.11. The minimum absolute atomic E-state index is 0. The van der Waals surface area contributed by atoms with Gasteiger partial charge in [-0.05, 0) is 31.4 Å². The van der Waals surface area contributed by atoms with Crippen molar-refractivity contribution in [2.45, 2.75) is 109 Å². The van der Waals surface area contributed by atoms with E-state index in [1.807, 2.05) is 6.26 Å². The Hall–Kier alpha value is 0.780. The molecule has 0 heterocycles. The van der Waals surface area contributed by atoms with E-state index in [0.717, 1.165) is 25.1 Å². The number of thioether (sulfide) groups is 1. The second-order valence-corrected chi connectivity index (χ2v) is 8.21. The fourth-order valence-corrected chi connectivity index (χ4v) is 3.62. The van der Waals surface area contributed by atoms with Crippen molar-refractivity contribution in [2.24, 2.45) is 0 Å². The van der Waals surface area contributed by atoms with Gasteiger partial charge in [0.1, 0.15) is 6.04 Å². The summed E-state index contributed by atoms with van der Waals surface area (Å²) < 4.78 is 0. The van der Waals surface area contributed by atoms with Crippen molar-refractivity contribution in [3.05, 3.63) is 0 Å². The van der Waals surface area contributed by atoms with E-state index >= 15 is 0 Å². The predicted octanol–water partition coefficient (Wildman–Crippen LogP) is 5.62. The molecule has 1 unspecified atom stereocenters. The maximum absolute atomic E-state index is 11.1. The molecule has 0 rings (SSSR count). The molecule has 0 fully saturated rings. The number of unbranched alkanes of at least 4 members (excludes halogenated alkanes) is 13. The van der Waals surface area contributed by atoms with Crippen molar-refractivity contribution < 1.29 is 9.90 Å². The van der Waals surface area contributed by atoms with Gasteiger partial charge in [-0.3, -0.25) is 4.79 Å². The van der Waals surface area contributed by atoms with Crippen LogP contribution in [0.4, 0.5) is 0 Å². The molecule has 0 aliphatic carbocycles. The monoisotopic (exact) mass is 397 g/mol. The first kappa shape index (κ1) is 29.0. The molecule has 1 atom stereocenters. The van der Waals surface area contributed by atoms with Gasteiger partial charge in [0.25, 0.3) is 0 Å².